The van der Waals surface area contributed by atoms with Crippen LogP contribution in [0.1, 0.15) is 13.8 Å². The van der Waals surface area contributed by atoms with Crippen molar-refractivity contribution in [1.82, 2.24) is 10.3 Å². The van der Waals surface area contributed by atoms with Crippen molar-refractivity contribution in [2.75, 3.05) is 5.75 Å². The average molecular weight is 290 g/mol. The summed E-state index contributed by atoms with van der Waals surface area (Å²) in [6, 6.07) is 2.51. The third-order valence-electron chi connectivity index (χ3n) is 1.77. The Bertz CT molecular complexity index is 468. The molecule has 1 heterocycles. The molecule has 0 radical (unpaired) electrons. The molecule has 1 rings (SSSR count). The first-order valence-corrected chi connectivity index (χ1v) is 6.49. The fourth-order valence-corrected chi connectivity index (χ4v) is 2.12. The van der Waals surface area contributed by atoms with Crippen molar-refractivity contribution in [3.05, 3.63) is 27.4 Å². The van der Waals surface area contributed by atoms with Gasteiger partial charge in [0.1, 0.15) is 10.2 Å². The molecule has 0 aromatic carbocycles. The molecular weight excluding hydrogens is 278 g/mol. The number of nitrogens with one attached hydrogen (secondary N) is 1. The second-order valence-electron chi connectivity index (χ2n) is 3.75. The smallest absolute Gasteiger partial charge is 0.275 e. The van der Waals surface area contributed by atoms with E-state index in [0.717, 1.165) is 11.8 Å². The maximum absolute atomic E-state index is 11.4. The van der Waals surface area contributed by atoms with Gasteiger partial charge in [-0.2, -0.15) is 0 Å². The number of thioether (sulfide) groups is 1. The van der Waals surface area contributed by atoms with Gasteiger partial charge in [-0.1, -0.05) is 23.4 Å². The highest BCUT2D eigenvalue weighted by atomic mass is 35.5. The molecule has 0 fully saturated rings. The summed E-state index contributed by atoms with van der Waals surface area (Å²) in [6.45, 7) is 3.70. The van der Waals surface area contributed by atoms with Crippen molar-refractivity contribution in [3.8, 4) is 0 Å². The second kappa shape index (κ2) is 6.55. The summed E-state index contributed by atoms with van der Waals surface area (Å²) in [4.78, 5) is 25.4. The van der Waals surface area contributed by atoms with Crippen LogP contribution in [0.2, 0.25) is 5.15 Å². The zero-order valence-corrected chi connectivity index (χ0v) is 11.4. The molecule has 0 spiro atoms. The van der Waals surface area contributed by atoms with Gasteiger partial charge in [-0.3, -0.25) is 14.9 Å². The van der Waals surface area contributed by atoms with Crippen LogP contribution in [0.5, 0.6) is 0 Å². The minimum atomic E-state index is -0.550. The maximum Gasteiger partial charge on any atom is 0.275 e. The van der Waals surface area contributed by atoms with E-state index in [0.29, 0.717) is 5.03 Å². The van der Waals surface area contributed by atoms with Crippen LogP contribution in [0.3, 0.4) is 0 Å². The summed E-state index contributed by atoms with van der Waals surface area (Å²) in [5.74, 6) is -0.0118. The second-order valence-corrected chi connectivity index (χ2v) is 5.14. The summed E-state index contributed by atoms with van der Waals surface area (Å²) in [5, 5.41) is 13.7. The molecule has 0 atom stereocenters. The van der Waals surface area contributed by atoms with Crippen molar-refractivity contribution >= 4 is 35.0 Å². The molecule has 1 N–H and O–H groups in total. The highest BCUT2D eigenvalue weighted by molar-refractivity contribution is 7.99. The van der Waals surface area contributed by atoms with Crippen LogP contribution < -0.4 is 5.32 Å². The lowest BCUT2D eigenvalue weighted by Crippen LogP contribution is -2.31. The minimum Gasteiger partial charge on any atom is -0.353 e. The third-order valence-corrected chi connectivity index (χ3v) is 2.87. The monoisotopic (exact) mass is 289 g/mol. The van der Waals surface area contributed by atoms with Crippen LogP contribution in [-0.2, 0) is 4.79 Å². The lowest BCUT2D eigenvalue weighted by Gasteiger charge is -2.07. The van der Waals surface area contributed by atoms with Crippen LogP contribution in [0.15, 0.2) is 17.2 Å². The van der Waals surface area contributed by atoms with Crippen molar-refractivity contribution in [1.29, 1.82) is 0 Å². The van der Waals surface area contributed by atoms with E-state index < -0.39 is 4.92 Å². The molecule has 1 aromatic rings. The van der Waals surface area contributed by atoms with Crippen LogP contribution in [0, 0.1) is 10.1 Å². The predicted molar refractivity (Wildman–Crippen MR) is 69.9 cm³/mol. The van der Waals surface area contributed by atoms with Gasteiger partial charge in [-0.15, -0.1) is 0 Å². The first-order chi connectivity index (χ1) is 8.38. The summed E-state index contributed by atoms with van der Waals surface area (Å²) in [6.07, 6.45) is 0. The summed E-state index contributed by atoms with van der Waals surface area (Å²) in [5.41, 5.74) is -0.137. The van der Waals surface area contributed by atoms with Gasteiger partial charge >= 0.3 is 0 Å². The first kappa shape index (κ1) is 14.7. The maximum atomic E-state index is 11.4. The van der Waals surface area contributed by atoms with Gasteiger partial charge in [0, 0.05) is 12.1 Å². The normalized spacial score (nSPS) is 10.4. The van der Waals surface area contributed by atoms with Crippen molar-refractivity contribution in [2.24, 2.45) is 0 Å². The van der Waals surface area contributed by atoms with E-state index in [9.17, 15) is 14.9 Å². The molecule has 0 aliphatic carbocycles. The lowest BCUT2D eigenvalue weighted by atomic mass is 10.4. The van der Waals surface area contributed by atoms with Crippen LogP contribution in [0.25, 0.3) is 0 Å². The van der Waals surface area contributed by atoms with E-state index in [2.05, 4.69) is 10.3 Å². The van der Waals surface area contributed by atoms with E-state index in [1.165, 1.54) is 12.1 Å². The van der Waals surface area contributed by atoms with Crippen molar-refractivity contribution in [3.63, 3.8) is 0 Å². The zero-order valence-electron chi connectivity index (χ0n) is 9.84. The molecular formula is C10H12ClN3O3S. The predicted octanol–water partition coefficient (Wildman–Crippen LogP) is 2.26. The molecule has 1 aromatic heterocycles. The van der Waals surface area contributed by atoms with Gasteiger partial charge in [0.2, 0.25) is 5.91 Å². The van der Waals surface area contributed by atoms with Gasteiger partial charge in [-0.05, 0) is 13.8 Å². The molecule has 6 nitrogen and oxygen atoms in total. The van der Waals surface area contributed by atoms with E-state index in [1.807, 2.05) is 13.8 Å². The number of nitro groups is 1. The standard InChI is InChI=1S/C10H12ClN3O3S/c1-6(2)12-9(15)5-18-10-4-7(14(16)17)3-8(11)13-10/h3-4,6H,5H2,1-2H3,(H,12,15). The molecule has 0 unspecified atom stereocenters. The largest absolute Gasteiger partial charge is 0.353 e. The Morgan fingerprint density at radius 2 is 2.28 bits per heavy atom. The Kier molecular flexibility index (Phi) is 5.36. The quantitative estimate of drug-likeness (QED) is 0.389. The number of rotatable bonds is 5. The molecule has 0 aliphatic heterocycles. The van der Waals surface area contributed by atoms with E-state index in [-0.39, 0.29) is 28.5 Å². The van der Waals surface area contributed by atoms with Gasteiger partial charge in [0.25, 0.3) is 5.69 Å². The highest BCUT2D eigenvalue weighted by Gasteiger charge is 2.12. The van der Waals surface area contributed by atoms with Crippen LogP contribution in [0.4, 0.5) is 5.69 Å². The van der Waals surface area contributed by atoms with E-state index in [4.69, 9.17) is 11.6 Å². The Labute approximate surface area is 113 Å². The first-order valence-electron chi connectivity index (χ1n) is 5.12. The number of amides is 1. The molecule has 8 heteroatoms. The number of carbonyl (C=O) groups excluding carboxylic acids is 1. The number of halogens is 1. The molecule has 0 saturated heterocycles. The van der Waals surface area contributed by atoms with E-state index >= 15 is 0 Å². The zero-order chi connectivity index (χ0) is 13.7. The fourth-order valence-electron chi connectivity index (χ4n) is 1.14. The fraction of sp³-hybridized carbons (Fsp3) is 0.400. The van der Waals surface area contributed by atoms with Gasteiger partial charge in [-0.25, -0.2) is 4.98 Å². The number of carbonyl (C=O) groups is 1. The Hall–Kier alpha value is -1.34. The topological polar surface area (TPSA) is 85.1 Å². The highest BCUT2D eigenvalue weighted by Crippen LogP contribution is 2.24. The number of nitrogens with zero attached hydrogens (tertiary/aromatic N) is 2. The van der Waals surface area contributed by atoms with Gasteiger partial charge in [0.05, 0.1) is 16.7 Å². The number of aromatic nitrogens is 1. The molecule has 1 amide bonds. The number of hydrogen-bond acceptors (Lipinski definition) is 5. The molecule has 98 valence electrons. The minimum absolute atomic E-state index is 0.0379. The summed E-state index contributed by atoms with van der Waals surface area (Å²) < 4.78 is 0. The third kappa shape index (κ3) is 4.89. The number of pyridine rings is 1. The molecule has 0 saturated carbocycles. The summed E-state index contributed by atoms with van der Waals surface area (Å²) >= 11 is 6.77. The molecule has 18 heavy (non-hydrogen) atoms. The SMILES string of the molecule is CC(C)NC(=O)CSc1cc([N+](=O)[O-])cc(Cl)n1. The van der Waals surface area contributed by atoms with E-state index in [1.54, 1.807) is 0 Å². The Morgan fingerprint density at radius 3 is 2.83 bits per heavy atom. The van der Waals surface area contributed by atoms with Crippen LogP contribution in [-0.4, -0.2) is 27.6 Å². The lowest BCUT2D eigenvalue weighted by molar-refractivity contribution is -0.385. The Balaban J connectivity index is 2.67. The summed E-state index contributed by atoms with van der Waals surface area (Å²) in [7, 11) is 0. The van der Waals surface area contributed by atoms with Crippen LogP contribution >= 0.6 is 23.4 Å². The van der Waals surface area contributed by atoms with Crippen molar-refractivity contribution < 1.29 is 9.72 Å². The van der Waals surface area contributed by atoms with Gasteiger partial charge in [0.15, 0.2) is 0 Å². The molecule has 0 bridgehead atoms. The van der Waals surface area contributed by atoms with Gasteiger partial charge < -0.3 is 5.32 Å². The average Bonchev–Trinajstić information content (AvgIpc) is 2.24. The van der Waals surface area contributed by atoms with Crippen molar-refractivity contribution in [2.45, 2.75) is 24.9 Å². The number of hydrogen-bond donors (Lipinski definition) is 1. The Morgan fingerprint density at radius 1 is 1.61 bits per heavy atom. The molecule has 0 aliphatic rings.